The van der Waals surface area contributed by atoms with Crippen LogP contribution in [0.25, 0.3) is 0 Å². The molecule has 0 unspecified atom stereocenters. The molecule has 5 nitrogen and oxygen atoms in total. The van der Waals surface area contributed by atoms with Crippen molar-refractivity contribution in [2.24, 2.45) is 0 Å². The molecule has 1 N–H and O–H groups in total. The first kappa shape index (κ1) is 16.2. The van der Waals surface area contributed by atoms with Crippen molar-refractivity contribution in [2.45, 2.75) is 51.7 Å². The van der Waals surface area contributed by atoms with E-state index in [1.54, 1.807) is 7.11 Å². The van der Waals surface area contributed by atoms with Crippen LogP contribution in [-0.2, 0) is 9.47 Å². The molecule has 1 saturated heterocycles. The Morgan fingerprint density at radius 3 is 2.74 bits per heavy atom. The van der Waals surface area contributed by atoms with Crippen LogP contribution in [0.3, 0.4) is 0 Å². The molecule has 1 rings (SSSR count). The molecule has 0 aliphatic carbocycles. The van der Waals surface area contributed by atoms with E-state index in [1.165, 1.54) is 6.42 Å². The number of carbonyl (C=O) groups is 1. The van der Waals surface area contributed by atoms with E-state index >= 15 is 0 Å². The second-order valence-electron chi connectivity index (χ2n) is 6.02. The zero-order valence-electron chi connectivity index (χ0n) is 12.7. The summed E-state index contributed by atoms with van der Waals surface area (Å²) in [6.07, 6.45) is 3.09. The molecule has 112 valence electrons. The second kappa shape index (κ2) is 7.70. The third-order valence-corrected chi connectivity index (χ3v) is 3.12. The van der Waals surface area contributed by atoms with Gasteiger partial charge >= 0.3 is 6.09 Å². The van der Waals surface area contributed by atoms with E-state index in [1.807, 2.05) is 25.7 Å². The Morgan fingerprint density at radius 2 is 2.11 bits per heavy atom. The Balaban J connectivity index is 2.45. The number of amides is 1. The zero-order chi connectivity index (χ0) is 14.3. The predicted octanol–water partition coefficient (Wildman–Crippen LogP) is 2.01. The molecule has 0 saturated carbocycles. The molecule has 1 amide bonds. The molecule has 0 aromatic heterocycles. The van der Waals surface area contributed by atoms with E-state index in [4.69, 9.17) is 9.47 Å². The molecular formula is C14H28N2O3. The summed E-state index contributed by atoms with van der Waals surface area (Å²) in [4.78, 5) is 14.0. The van der Waals surface area contributed by atoms with Gasteiger partial charge < -0.3 is 19.7 Å². The minimum absolute atomic E-state index is 0.189. The maximum Gasteiger partial charge on any atom is 0.410 e. The average Bonchev–Trinajstić information content (AvgIpc) is 2.33. The summed E-state index contributed by atoms with van der Waals surface area (Å²) < 4.78 is 10.5. The van der Waals surface area contributed by atoms with Gasteiger partial charge in [0.05, 0.1) is 6.61 Å². The normalized spacial score (nSPS) is 20.4. The van der Waals surface area contributed by atoms with Gasteiger partial charge in [-0.1, -0.05) is 0 Å². The first-order chi connectivity index (χ1) is 8.94. The van der Waals surface area contributed by atoms with Gasteiger partial charge in [-0.25, -0.2) is 4.79 Å². The van der Waals surface area contributed by atoms with Crippen molar-refractivity contribution in [3.05, 3.63) is 0 Å². The van der Waals surface area contributed by atoms with E-state index in [-0.39, 0.29) is 12.1 Å². The molecule has 1 fully saturated rings. The zero-order valence-corrected chi connectivity index (χ0v) is 12.7. The number of nitrogens with zero attached hydrogens (tertiary/aromatic N) is 1. The highest BCUT2D eigenvalue weighted by atomic mass is 16.6. The highest BCUT2D eigenvalue weighted by Crippen LogP contribution is 2.19. The highest BCUT2D eigenvalue weighted by molar-refractivity contribution is 5.68. The van der Waals surface area contributed by atoms with Crippen molar-refractivity contribution in [3.63, 3.8) is 0 Å². The van der Waals surface area contributed by atoms with Gasteiger partial charge in [-0.3, -0.25) is 0 Å². The number of hydrogen-bond acceptors (Lipinski definition) is 4. The molecule has 0 aromatic carbocycles. The van der Waals surface area contributed by atoms with Crippen LogP contribution in [0, 0.1) is 0 Å². The Morgan fingerprint density at radius 1 is 1.37 bits per heavy atom. The SMILES string of the molecule is COCCNC[C@@H]1CCCCN1C(=O)OC(C)(C)C. The fourth-order valence-corrected chi connectivity index (χ4v) is 2.22. The minimum atomic E-state index is -0.428. The van der Waals surface area contributed by atoms with Gasteiger partial charge in [0.25, 0.3) is 0 Å². The van der Waals surface area contributed by atoms with E-state index in [0.717, 1.165) is 32.5 Å². The third-order valence-electron chi connectivity index (χ3n) is 3.12. The van der Waals surface area contributed by atoms with E-state index in [9.17, 15) is 4.79 Å². The van der Waals surface area contributed by atoms with Gasteiger partial charge in [0.15, 0.2) is 0 Å². The van der Waals surface area contributed by atoms with Crippen LogP contribution in [0.2, 0.25) is 0 Å². The quantitative estimate of drug-likeness (QED) is 0.778. The van der Waals surface area contributed by atoms with Crippen LogP contribution in [-0.4, -0.2) is 56.0 Å². The molecule has 0 spiro atoms. The first-order valence-corrected chi connectivity index (χ1v) is 7.13. The number of hydrogen-bond donors (Lipinski definition) is 1. The maximum atomic E-state index is 12.2. The van der Waals surface area contributed by atoms with Crippen molar-refractivity contribution >= 4 is 6.09 Å². The summed E-state index contributed by atoms with van der Waals surface area (Å²) in [6, 6.07) is 0.237. The van der Waals surface area contributed by atoms with Gasteiger partial charge in [-0.05, 0) is 40.0 Å². The smallest absolute Gasteiger partial charge is 0.410 e. The largest absolute Gasteiger partial charge is 0.444 e. The third kappa shape index (κ3) is 6.25. The Kier molecular flexibility index (Phi) is 6.58. The van der Waals surface area contributed by atoms with Crippen molar-refractivity contribution in [3.8, 4) is 0 Å². The second-order valence-corrected chi connectivity index (χ2v) is 6.02. The van der Waals surface area contributed by atoms with Gasteiger partial charge in [-0.15, -0.1) is 0 Å². The summed E-state index contributed by atoms with van der Waals surface area (Å²) in [5, 5.41) is 3.33. The minimum Gasteiger partial charge on any atom is -0.444 e. The van der Waals surface area contributed by atoms with Crippen LogP contribution in [0.4, 0.5) is 4.79 Å². The van der Waals surface area contributed by atoms with Crippen LogP contribution in [0.15, 0.2) is 0 Å². The highest BCUT2D eigenvalue weighted by Gasteiger charge is 2.29. The molecule has 1 aliphatic rings. The molecule has 19 heavy (non-hydrogen) atoms. The number of ether oxygens (including phenoxy) is 2. The van der Waals surface area contributed by atoms with Crippen LogP contribution in [0.5, 0.6) is 0 Å². The topological polar surface area (TPSA) is 50.8 Å². The number of rotatable bonds is 5. The maximum absolute atomic E-state index is 12.2. The molecule has 1 atom stereocenters. The lowest BCUT2D eigenvalue weighted by Gasteiger charge is -2.36. The van der Waals surface area contributed by atoms with Crippen molar-refractivity contribution < 1.29 is 14.3 Å². The lowest BCUT2D eigenvalue weighted by atomic mass is 10.0. The Hall–Kier alpha value is -0.810. The van der Waals surface area contributed by atoms with E-state index in [2.05, 4.69) is 5.32 Å². The lowest BCUT2D eigenvalue weighted by molar-refractivity contribution is 0.00985. The van der Waals surface area contributed by atoms with Crippen molar-refractivity contribution in [1.82, 2.24) is 10.2 Å². The molecule has 0 radical (unpaired) electrons. The molecule has 1 heterocycles. The average molecular weight is 272 g/mol. The molecule has 1 aliphatic heterocycles. The molecule has 0 aromatic rings. The fourth-order valence-electron chi connectivity index (χ4n) is 2.22. The predicted molar refractivity (Wildman–Crippen MR) is 75.3 cm³/mol. The van der Waals surface area contributed by atoms with E-state index in [0.29, 0.717) is 6.61 Å². The lowest BCUT2D eigenvalue weighted by Crippen LogP contribution is -2.50. The Bertz CT molecular complexity index is 276. The molecule has 0 bridgehead atoms. The number of likely N-dealkylation sites (tertiary alicyclic amines) is 1. The standard InChI is InChI=1S/C14H28N2O3/c1-14(2,3)19-13(17)16-9-6-5-7-12(16)11-15-8-10-18-4/h12,15H,5-11H2,1-4H3/t12-/m0/s1. The molecular weight excluding hydrogens is 244 g/mol. The van der Waals surface area contributed by atoms with Crippen molar-refractivity contribution in [1.29, 1.82) is 0 Å². The van der Waals surface area contributed by atoms with Gasteiger partial charge in [0, 0.05) is 32.8 Å². The van der Waals surface area contributed by atoms with Gasteiger partial charge in [0.2, 0.25) is 0 Å². The first-order valence-electron chi connectivity index (χ1n) is 7.13. The summed E-state index contributed by atoms with van der Waals surface area (Å²) in [5.74, 6) is 0. The van der Waals surface area contributed by atoms with Crippen LogP contribution >= 0.6 is 0 Å². The molecule has 5 heteroatoms. The number of carbonyl (C=O) groups excluding carboxylic acids is 1. The number of piperidine rings is 1. The Labute approximate surface area is 116 Å². The number of nitrogens with one attached hydrogen (secondary N) is 1. The fraction of sp³-hybridized carbons (Fsp3) is 0.929. The number of methoxy groups -OCH3 is 1. The summed E-state index contributed by atoms with van der Waals surface area (Å²) in [7, 11) is 1.69. The van der Waals surface area contributed by atoms with Gasteiger partial charge in [-0.2, -0.15) is 0 Å². The van der Waals surface area contributed by atoms with Crippen LogP contribution < -0.4 is 5.32 Å². The van der Waals surface area contributed by atoms with Crippen molar-refractivity contribution in [2.75, 3.05) is 33.4 Å². The van der Waals surface area contributed by atoms with E-state index < -0.39 is 5.60 Å². The summed E-state index contributed by atoms with van der Waals surface area (Å²) in [5.41, 5.74) is -0.428. The van der Waals surface area contributed by atoms with Crippen LogP contribution in [0.1, 0.15) is 40.0 Å². The summed E-state index contributed by atoms with van der Waals surface area (Å²) in [6.45, 7) is 8.82. The summed E-state index contributed by atoms with van der Waals surface area (Å²) >= 11 is 0. The van der Waals surface area contributed by atoms with Gasteiger partial charge in [0.1, 0.15) is 5.60 Å². The monoisotopic (exact) mass is 272 g/mol.